The molecule has 1 aromatic rings. The quantitative estimate of drug-likeness (QED) is 0.864. The average molecular weight is 248 g/mol. The van der Waals surface area contributed by atoms with Gasteiger partial charge in [0, 0.05) is 22.9 Å². The summed E-state index contributed by atoms with van der Waals surface area (Å²) in [6.07, 6.45) is 5.13. The van der Waals surface area contributed by atoms with Gasteiger partial charge in [0.25, 0.3) is 0 Å². The SMILES string of the molecule is NCC1(Cc2ccc3c(c2)NCCS3)CCC1. The Labute approximate surface area is 107 Å². The number of nitrogens with one attached hydrogen (secondary N) is 1. The molecule has 0 spiro atoms. The third-order valence-electron chi connectivity index (χ3n) is 4.15. The lowest BCUT2D eigenvalue weighted by atomic mass is 9.65. The summed E-state index contributed by atoms with van der Waals surface area (Å²) in [6, 6.07) is 6.89. The molecule has 0 atom stereocenters. The minimum absolute atomic E-state index is 0.413. The Kier molecular flexibility index (Phi) is 3.05. The number of hydrogen-bond donors (Lipinski definition) is 2. The maximum atomic E-state index is 5.93. The normalized spacial score (nSPS) is 21.2. The molecule has 0 unspecified atom stereocenters. The van der Waals surface area contributed by atoms with Crippen LogP contribution in [0.5, 0.6) is 0 Å². The van der Waals surface area contributed by atoms with Crippen molar-refractivity contribution in [2.75, 3.05) is 24.2 Å². The standard InChI is InChI=1S/C14H20N2S/c15-10-14(4-1-5-14)9-11-2-3-13-12(8-11)16-6-7-17-13/h2-3,8,16H,1,4-7,9-10,15H2. The van der Waals surface area contributed by atoms with Gasteiger partial charge in [-0.05, 0) is 48.9 Å². The third-order valence-corrected chi connectivity index (χ3v) is 5.22. The van der Waals surface area contributed by atoms with E-state index in [0.29, 0.717) is 5.41 Å². The molecule has 92 valence electrons. The van der Waals surface area contributed by atoms with Crippen LogP contribution in [-0.2, 0) is 6.42 Å². The lowest BCUT2D eigenvalue weighted by Crippen LogP contribution is -2.39. The van der Waals surface area contributed by atoms with E-state index in [4.69, 9.17) is 5.73 Å². The van der Waals surface area contributed by atoms with Crippen molar-refractivity contribution >= 4 is 17.4 Å². The van der Waals surface area contributed by atoms with Gasteiger partial charge in [-0.3, -0.25) is 0 Å². The van der Waals surface area contributed by atoms with Crippen molar-refractivity contribution in [3.05, 3.63) is 23.8 Å². The number of benzene rings is 1. The average Bonchev–Trinajstić information content (AvgIpc) is 2.34. The van der Waals surface area contributed by atoms with Gasteiger partial charge in [-0.15, -0.1) is 11.8 Å². The van der Waals surface area contributed by atoms with Crippen molar-refractivity contribution < 1.29 is 0 Å². The number of hydrogen-bond acceptors (Lipinski definition) is 3. The van der Waals surface area contributed by atoms with E-state index in [-0.39, 0.29) is 0 Å². The van der Waals surface area contributed by atoms with Crippen molar-refractivity contribution in [3.63, 3.8) is 0 Å². The van der Waals surface area contributed by atoms with Gasteiger partial charge in [0.2, 0.25) is 0 Å². The molecule has 3 heteroatoms. The number of fused-ring (bicyclic) bond motifs is 1. The maximum absolute atomic E-state index is 5.93. The first-order chi connectivity index (χ1) is 8.31. The summed E-state index contributed by atoms with van der Waals surface area (Å²) < 4.78 is 0. The van der Waals surface area contributed by atoms with E-state index < -0.39 is 0 Å². The van der Waals surface area contributed by atoms with E-state index in [2.05, 4.69) is 23.5 Å². The van der Waals surface area contributed by atoms with Crippen LogP contribution in [0.25, 0.3) is 0 Å². The second kappa shape index (κ2) is 4.54. The second-order valence-electron chi connectivity index (χ2n) is 5.34. The lowest BCUT2D eigenvalue weighted by molar-refractivity contribution is 0.145. The summed E-state index contributed by atoms with van der Waals surface area (Å²) in [4.78, 5) is 1.40. The van der Waals surface area contributed by atoms with Crippen LogP contribution in [0.3, 0.4) is 0 Å². The van der Waals surface area contributed by atoms with Crippen LogP contribution in [0.4, 0.5) is 5.69 Å². The molecule has 0 amide bonds. The van der Waals surface area contributed by atoms with Crippen LogP contribution in [0.2, 0.25) is 0 Å². The minimum atomic E-state index is 0.413. The third kappa shape index (κ3) is 2.18. The zero-order chi connectivity index (χ0) is 11.7. The van der Waals surface area contributed by atoms with Crippen molar-refractivity contribution in [2.45, 2.75) is 30.6 Å². The highest BCUT2D eigenvalue weighted by Gasteiger charge is 2.35. The molecule has 1 fully saturated rings. The summed E-state index contributed by atoms with van der Waals surface area (Å²) in [5, 5.41) is 3.49. The second-order valence-corrected chi connectivity index (χ2v) is 6.48. The van der Waals surface area contributed by atoms with Crippen LogP contribution in [0, 0.1) is 5.41 Å². The van der Waals surface area contributed by atoms with Gasteiger partial charge in [0.05, 0.1) is 0 Å². The van der Waals surface area contributed by atoms with E-state index in [0.717, 1.165) is 19.5 Å². The highest BCUT2D eigenvalue weighted by molar-refractivity contribution is 7.99. The maximum Gasteiger partial charge on any atom is 0.0481 e. The fraction of sp³-hybridized carbons (Fsp3) is 0.571. The first-order valence-corrected chi connectivity index (χ1v) is 7.50. The van der Waals surface area contributed by atoms with Crippen molar-refractivity contribution in [1.82, 2.24) is 0 Å². The minimum Gasteiger partial charge on any atom is -0.383 e. The molecule has 1 saturated carbocycles. The van der Waals surface area contributed by atoms with Crippen molar-refractivity contribution in [1.29, 1.82) is 0 Å². The van der Waals surface area contributed by atoms with Crippen molar-refractivity contribution in [2.24, 2.45) is 11.1 Å². The zero-order valence-electron chi connectivity index (χ0n) is 10.2. The van der Waals surface area contributed by atoms with Crippen molar-refractivity contribution in [3.8, 4) is 0 Å². The predicted octanol–water partition coefficient (Wildman–Crippen LogP) is 2.88. The van der Waals surface area contributed by atoms with Gasteiger partial charge in [-0.1, -0.05) is 12.5 Å². The molecule has 1 aliphatic carbocycles. The first-order valence-electron chi connectivity index (χ1n) is 6.51. The number of rotatable bonds is 3. The van der Waals surface area contributed by atoms with Gasteiger partial charge < -0.3 is 11.1 Å². The van der Waals surface area contributed by atoms with Crippen LogP contribution < -0.4 is 11.1 Å². The highest BCUT2D eigenvalue weighted by Crippen LogP contribution is 2.43. The summed E-state index contributed by atoms with van der Waals surface area (Å²) >= 11 is 1.95. The first kappa shape index (κ1) is 11.4. The van der Waals surface area contributed by atoms with E-state index in [9.17, 15) is 0 Å². The Bertz CT molecular complexity index is 407. The number of anilines is 1. The summed E-state index contributed by atoms with van der Waals surface area (Å²) in [6.45, 7) is 1.93. The lowest BCUT2D eigenvalue weighted by Gasteiger charge is -2.41. The van der Waals surface area contributed by atoms with Crippen LogP contribution in [-0.4, -0.2) is 18.8 Å². The molecule has 0 bridgehead atoms. The van der Waals surface area contributed by atoms with Gasteiger partial charge in [-0.2, -0.15) is 0 Å². The largest absolute Gasteiger partial charge is 0.383 e. The molecule has 1 heterocycles. The Morgan fingerprint density at radius 2 is 2.24 bits per heavy atom. The van der Waals surface area contributed by atoms with Crippen LogP contribution in [0.1, 0.15) is 24.8 Å². The molecule has 1 aromatic carbocycles. The molecule has 3 rings (SSSR count). The van der Waals surface area contributed by atoms with Gasteiger partial charge in [0.15, 0.2) is 0 Å². The van der Waals surface area contributed by atoms with Crippen LogP contribution >= 0.6 is 11.8 Å². The van der Waals surface area contributed by atoms with Gasteiger partial charge >= 0.3 is 0 Å². The van der Waals surface area contributed by atoms with Gasteiger partial charge in [0.1, 0.15) is 0 Å². The Morgan fingerprint density at radius 1 is 1.35 bits per heavy atom. The molecule has 17 heavy (non-hydrogen) atoms. The molecule has 0 saturated heterocycles. The molecule has 2 aliphatic rings. The Hall–Kier alpha value is -0.670. The molecule has 0 aromatic heterocycles. The summed E-state index contributed by atoms with van der Waals surface area (Å²) in [7, 11) is 0. The van der Waals surface area contributed by atoms with E-state index >= 15 is 0 Å². The fourth-order valence-corrected chi connectivity index (χ4v) is 3.74. The molecular formula is C14H20N2S. The smallest absolute Gasteiger partial charge is 0.0481 e. The zero-order valence-corrected chi connectivity index (χ0v) is 11.0. The monoisotopic (exact) mass is 248 g/mol. The summed E-state index contributed by atoms with van der Waals surface area (Å²) in [5.41, 5.74) is 9.12. The highest BCUT2D eigenvalue weighted by atomic mass is 32.2. The molecular weight excluding hydrogens is 228 g/mol. The van der Waals surface area contributed by atoms with E-state index in [1.54, 1.807) is 0 Å². The van der Waals surface area contributed by atoms with E-state index in [1.165, 1.54) is 41.2 Å². The number of thioether (sulfide) groups is 1. The molecule has 0 radical (unpaired) electrons. The molecule has 1 aliphatic heterocycles. The number of nitrogens with two attached hydrogens (primary N) is 1. The van der Waals surface area contributed by atoms with Gasteiger partial charge in [-0.25, -0.2) is 0 Å². The molecule has 3 N–H and O–H groups in total. The molecule has 2 nitrogen and oxygen atoms in total. The predicted molar refractivity (Wildman–Crippen MR) is 74.7 cm³/mol. The summed E-state index contributed by atoms with van der Waals surface area (Å²) in [5.74, 6) is 1.18. The van der Waals surface area contributed by atoms with Crippen LogP contribution in [0.15, 0.2) is 23.1 Å². The Balaban J connectivity index is 1.79. The van der Waals surface area contributed by atoms with E-state index in [1.807, 2.05) is 11.8 Å². The topological polar surface area (TPSA) is 38.0 Å². The fourth-order valence-electron chi connectivity index (χ4n) is 2.86. The Morgan fingerprint density at radius 3 is 2.94 bits per heavy atom.